The van der Waals surface area contributed by atoms with Crippen molar-refractivity contribution in [3.05, 3.63) is 34.9 Å². The van der Waals surface area contributed by atoms with Crippen molar-refractivity contribution in [3.63, 3.8) is 0 Å². The average Bonchev–Trinajstić information content (AvgIpc) is 0.942. The van der Waals surface area contributed by atoms with Gasteiger partial charge in [0.25, 0.3) is 0 Å². The van der Waals surface area contributed by atoms with E-state index in [1.807, 2.05) is 54.5 Å². The Morgan fingerprint density at radius 3 is 1.89 bits per heavy atom. The van der Waals surface area contributed by atoms with Gasteiger partial charge in [-0.15, -0.1) is 0 Å². The minimum Gasteiger partial charge on any atom is -0.464 e. The molecule has 4 saturated carbocycles. The molecular weight excluding hydrogens is 1160 g/mol. The lowest BCUT2D eigenvalue weighted by molar-refractivity contribution is -0.383. The predicted octanol–water partition coefficient (Wildman–Crippen LogP) is 3.33. The quantitative estimate of drug-likeness (QED) is 0.0196. The van der Waals surface area contributed by atoms with Gasteiger partial charge in [0.2, 0.25) is 0 Å². The van der Waals surface area contributed by atoms with Crippen LogP contribution in [0.4, 0.5) is 0 Å². The SMILES string of the molecule is CCCCOC(=O)[C@H]1O[C@@H](O[C@H]2CC[C@]3(C)[C@H]4CC=C5[C@@H]6CC(C)(C)[C@@H](OC(=O)/C(C)=C/CCC=C(C)C)[C@H](OC(=O)C(C)CC)[C@]6(CO)[C@H](O)[C@H](O)[C@@]5(C)[C@]4(C)CC[C@H]3C2(C)C)[C@H](O[C@@H]2O[C@H](CO)[C@@H](O)[C@H](O)[C@H]2O)[C@@H](O)[C@@H]1O[C@@H]1O[C@@H](CO)[C@H](O)[C@H]1O. The number of rotatable bonds is 21. The predicted molar refractivity (Wildman–Crippen MR) is 318 cm³/mol. The van der Waals surface area contributed by atoms with Crippen LogP contribution in [0, 0.1) is 56.2 Å². The summed E-state index contributed by atoms with van der Waals surface area (Å²) in [6, 6.07) is 0. The molecule has 0 spiro atoms. The van der Waals surface area contributed by atoms with Crippen LogP contribution in [0.5, 0.6) is 0 Å². The Balaban J connectivity index is 1.13. The fraction of sp³-hybridized carbons (Fsp3) is 0.864. The molecule has 89 heavy (non-hydrogen) atoms. The fourth-order valence-electron chi connectivity index (χ4n) is 17.3. The Morgan fingerprint density at radius 1 is 0.685 bits per heavy atom. The minimum atomic E-state index is -1.99. The number of hydrogen-bond acceptors (Lipinski definition) is 23. The number of ether oxygens (including phenoxy) is 9. The Labute approximate surface area is 524 Å². The Bertz CT molecular complexity index is 2570. The van der Waals surface area contributed by atoms with Crippen LogP contribution in [0.15, 0.2) is 34.9 Å². The van der Waals surface area contributed by atoms with Crippen molar-refractivity contribution in [2.24, 2.45) is 56.2 Å². The maximum atomic E-state index is 14.2. The lowest BCUT2D eigenvalue weighted by Crippen LogP contribution is -2.76. The summed E-state index contributed by atoms with van der Waals surface area (Å²) in [7, 11) is 0. The van der Waals surface area contributed by atoms with Crippen molar-refractivity contribution in [2.45, 2.75) is 277 Å². The topological polar surface area (TPSA) is 357 Å². The zero-order chi connectivity index (χ0) is 65.8. The van der Waals surface area contributed by atoms with E-state index in [-0.39, 0.29) is 18.4 Å². The molecule has 508 valence electrons. The second-order valence-electron chi connectivity index (χ2n) is 29.3. The van der Waals surface area contributed by atoms with Crippen LogP contribution < -0.4 is 0 Å². The molecule has 0 radical (unpaired) electrons. The van der Waals surface area contributed by atoms with Gasteiger partial charge in [-0.3, -0.25) is 4.79 Å². The fourth-order valence-corrected chi connectivity index (χ4v) is 17.3. The van der Waals surface area contributed by atoms with Crippen LogP contribution in [0.3, 0.4) is 0 Å². The molecule has 3 saturated heterocycles. The maximum absolute atomic E-state index is 14.2. The number of unbranched alkanes of at least 4 members (excludes halogenated alkanes) is 2. The summed E-state index contributed by atoms with van der Waals surface area (Å²) < 4.78 is 55.9. The van der Waals surface area contributed by atoms with E-state index >= 15 is 0 Å². The second kappa shape index (κ2) is 27.7. The highest BCUT2D eigenvalue weighted by Crippen LogP contribution is 2.76. The molecule has 0 aromatic heterocycles. The number of aliphatic hydroxyl groups excluding tert-OH is 11. The van der Waals surface area contributed by atoms with Crippen LogP contribution in [-0.4, -0.2) is 217 Å². The van der Waals surface area contributed by atoms with E-state index in [2.05, 4.69) is 39.8 Å². The van der Waals surface area contributed by atoms with Gasteiger partial charge in [-0.05, 0) is 119 Å². The van der Waals surface area contributed by atoms with Crippen molar-refractivity contribution in [2.75, 3.05) is 26.4 Å². The van der Waals surface area contributed by atoms with Gasteiger partial charge in [-0.25, -0.2) is 9.59 Å². The van der Waals surface area contributed by atoms with E-state index in [4.69, 9.17) is 42.6 Å². The first-order valence-electron chi connectivity index (χ1n) is 32.5. The van der Waals surface area contributed by atoms with Gasteiger partial charge >= 0.3 is 17.9 Å². The number of carbonyl (C=O) groups excluding carboxylic acids is 3. The highest BCUT2D eigenvalue weighted by Gasteiger charge is 2.76. The zero-order valence-corrected chi connectivity index (χ0v) is 54.4. The molecule has 27 atom stereocenters. The first kappa shape index (κ1) is 71.8. The van der Waals surface area contributed by atoms with E-state index in [1.165, 1.54) is 0 Å². The Kier molecular flexibility index (Phi) is 22.4. The summed E-state index contributed by atoms with van der Waals surface area (Å²) in [5.74, 6) is -3.66. The van der Waals surface area contributed by atoms with E-state index in [9.17, 15) is 70.6 Å². The van der Waals surface area contributed by atoms with Crippen LogP contribution in [0.2, 0.25) is 0 Å². The number of esters is 3. The number of fused-ring (bicyclic) bond motifs is 7. The summed E-state index contributed by atoms with van der Waals surface area (Å²) in [6.07, 6.45) is -19.0. The normalized spacial score (nSPS) is 45.3. The van der Waals surface area contributed by atoms with Crippen molar-refractivity contribution < 1.29 is 113 Å². The zero-order valence-electron chi connectivity index (χ0n) is 54.4. The third-order valence-corrected chi connectivity index (χ3v) is 23.1. The highest BCUT2D eigenvalue weighted by molar-refractivity contribution is 5.88. The van der Waals surface area contributed by atoms with Crippen LogP contribution in [0.1, 0.15) is 161 Å². The second-order valence-corrected chi connectivity index (χ2v) is 29.3. The molecule has 8 rings (SSSR count). The Hall–Kier alpha value is -3.05. The first-order valence-corrected chi connectivity index (χ1v) is 32.5. The molecule has 11 N–H and O–H groups in total. The highest BCUT2D eigenvalue weighted by atomic mass is 16.8. The third-order valence-electron chi connectivity index (χ3n) is 23.1. The number of aliphatic hydroxyl groups is 11. The molecule has 7 fully saturated rings. The standard InChI is InChI=1S/C66H106O23/c1-14-16-27-81-57(80)50-48(85-58-45(73)43(71)38(30-68)83-58)47(75)49(86-59-46(74)44(72)42(70)37(29-67)82-59)60(87-50)84-41-24-25-63(11)39(62(41,9)10)23-26-64(12)40(63)22-21-35-36-28-61(7,8)53(88-56(79)34(6)20-18-17-19-32(3)4)54(89-55(78)33(5)15-2)66(36,31-69)52(77)51(76)65(35,64)13/h19-21,33,36-54,58-60,67-77H,14-18,22-31H2,1-13H3/b34-20+/t33?,36-,37+,38-,39-,40+,41-,42+,43-,44-,45+,46+,47-,48-,49+,50-,51-,52+,53-,54-,58-,59-,60+,63-,64+,65-,66-/m0/s1. The van der Waals surface area contributed by atoms with Gasteiger partial charge in [0.1, 0.15) is 67.1 Å². The van der Waals surface area contributed by atoms with Crippen molar-refractivity contribution >= 4 is 17.9 Å². The molecule has 1 unspecified atom stereocenters. The molecule has 0 aromatic rings. The van der Waals surface area contributed by atoms with E-state index in [0.29, 0.717) is 69.8 Å². The largest absolute Gasteiger partial charge is 0.464 e. The van der Waals surface area contributed by atoms with Crippen LogP contribution in [0.25, 0.3) is 0 Å². The van der Waals surface area contributed by atoms with Crippen LogP contribution >= 0.6 is 0 Å². The van der Waals surface area contributed by atoms with Crippen LogP contribution in [-0.2, 0) is 57.0 Å². The van der Waals surface area contributed by atoms with Crippen molar-refractivity contribution in [3.8, 4) is 0 Å². The molecule has 0 aromatic carbocycles. The molecule has 23 nitrogen and oxygen atoms in total. The molecule has 23 heteroatoms. The number of carbonyl (C=O) groups is 3. The molecule has 8 aliphatic rings. The third kappa shape index (κ3) is 12.7. The van der Waals surface area contributed by atoms with Gasteiger partial charge in [0.05, 0.1) is 56.1 Å². The number of hydrogen-bond donors (Lipinski definition) is 11. The first-order chi connectivity index (χ1) is 41.7. The van der Waals surface area contributed by atoms with Gasteiger partial charge in [0.15, 0.2) is 31.1 Å². The maximum Gasteiger partial charge on any atom is 0.338 e. The summed E-state index contributed by atoms with van der Waals surface area (Å²) in [6.45, 7) is 23.4. The molecular formula is C66H106O23. The molecule has 0 amide bonds. The van der Waals surface area contributed by atoms with E-state index in [0.717, 1.165) is 17.6 Å². The van der Waals surface area contributed by atoms with Crippen molar-refractivity contribution in [1.82, 2.24) is 0 Å². The van der Waals surface area contributed by atoms with Gasteiger partial charge < -0.3 is 98.8 Å². The van der Waals surface area contributed by atoms with Gasteiger partial charge in [-0.2, -0.15) is 0 Å². The molecule has 5 aliphatic carbocycles. The summed E-state index contributed by atoms with van der Waals surface area (Å²) in [4.78, 5) is 42.5. The van der Waals surface area contributed by atoms with Gasteiger partial charge in [0, 0.05) is 16.4 Å². The van der Waals surface area contributed by atoms with Gasteiger partial charge in [-0.1, -0.05) is 105 Å². The van der Waals surface area contributed by atoms with Crippen molar-refractivity contribution in [1.29, 1.82) is 0 Å². The minimum absolute atomic E-state index is 0.0493. The summed E-state index contributed by atoms with van der Waals surface area (Å²) >= 11 is 0. The molecule has 0 bridgehead atoms. The van der Waals surface area contributed by atoms with E-state index in [1.54, 1.807) is 13.8 Å². The lowest BCUT2D eigenvalue weighted by Gasteiger charge is -2.73. The monoisotopic (exact) mass is 1270 g/mol. The number of allylic oxidation sites excluding steroid dienone is 4. The average molecular weight is 1270 g/mol. The lowest BCUT2D eigenvalue weighted by atomic mass is 9.32. The Morgan fingerprint density at radius 2 is 1.29 bits per heavy atom. The smallest absolute Gasteiger partial charge is 0.338 e. The summed E-state index contributed by atoms with van der Waals surface area (Å²) in [5, 5.41) is 125. The molecule has 3 heterocycles. The van der Waals surface area contributed by atoms with E-state index < -0.39 is 199 Å². The summed E-state index contributed by atoms with van der Waals surface area (Å²) in [5.41, 5.74) is -3.30. The molecule has 3 aliphatic heterocycles.